The topological polar surface area (TPSA) is 58.6 Å². The Balaban J connectivity index is 1.61. The average molecular weight is 364 g/mol. The van der Waals surface area contributed by atoms with Gasteiger partial charge in [-0.1, -0.05) is 36.4 Å². The van der Waals surface area contributed by atoms with Crippen LogP contribution in [0.2, 0.25) is 0 Å². The summed E-state index contributed by atoms with van der Waals surface area (Å²) in [4.78, 5) is 26.8. The lowest BCUT2D eigenvalue weighted by atomic mass is 9.97. The smallest absolute Gasteiger partial charge is 0.246 e. The van der Waals surface area contributed by atoms with Crippen LogP contribution < -0.4 is 10.1 Å². The molecule has 140 valence electrons. The molecule has 1 N–H and O–H groups in total. The molecule has 2 aromatic carbocycles. The molecule has 0 aromatic heterocycles. The second-order valence-corrected chi connectivity index (χ2v) is 6.55. The van der Waals surface area contributed by atoms with Crippen molar-refractivity contribution in [3.63, 3.8) is 0 Å². The molecule has 1 aliphatic heterocycles. The molecule has 2 amide bonds. The van der Waals surface area contributed by atoms with Crippen molar-refractivity contribution in [2.24, 2.45) is 5.92 Å². The van der Waals surface area contributed by atoms with Crippen LogP contribution in [0.1, 0.15) is 18.4 Å². The Labute approximate surface area is 159 Å². The summed E-state index contributed by atoms with van der Waals surface area (Å²) in [6.07, 6.45) is 4.92. The van der Waals surface area contributed by atoms with Gasteiger partial charge in [-0.05, 0) is 37.1 Å². The molecule has 2 aromatic rings. The minimum absolute atomic E-state index is 0.0348. The number of rotatable bonds is 5. The maximum Gasteiger partial charge on any atom is 0.246 e. The van der Waals surface area contributed by atoms with Crippen molar-refractivity contribution in [1.29, 1.82) is 0 Å². The molecule has 1 aliphatic rings. The molecule has 0 spiro atoms. The summed E-state index contributed by atoms with van der Waals surface area (Å²) >= 11 is 0. The molecule has 5 heteroatoms. The van der Waals surface area contributed by atoms with E-state index < -0.39 is 0 Å². The summed E-state index contributed by atoms with van der Waals surface area (Å²) in [5.41, 5.74) is 1.63. The zero-order chi connectivity index (χ0) is 19.1. The van der Waals surface area contributed by atoms with Crippen LogP contribution in [-0.2, 0) is 9.59 Å². The van der Waals surface area contributed by atoms with E-state index in [0.717, 1.165) is 29.8 Å². The number of piperidine rings is 1. The van der Waals surface area contributed by atoms with Crippen LogP contribution in [-0.4, -0.2) is 36.9 Å². The molecule has 0 aliphatic carbocycles. The molecule has 27 heavy (non-hydrogen) atoms. The zero-order valence-corrected chi connectivity index (χ0v) is 15.4. The number of anilines is 1. The van der Waals surface area contributed by atoms with Crippen molar-refractivity contribution in [1.82, 2.24) is 4.90 Å². The fourth-order valence-corrected chi connectivity index (χ4v) is 3.23. The van der Waals surface area contributed by atoms with Crippen LogP contribution in [0.3, 0.4) is 0 Å². The normalized spacial score (nSPS) is 16.9. The van der Waals surface area contributed by atoms with Crippen LogP contribution in [0.5, 0.6) is 5.75 Å². The first-order valence-electron chi connectivity index (χ1n) is 9.13. The molecular weight excluding hydrogens is 340 g/mol. The highest BCUT2D eigenvalue weighted by Gasteiger charge is 2.27. The summed E-state index contributed by atoms with van der Waals surface area (Å²) in [6, 6.07) is 16.9. The number of nitrogens with zero attached hydrogens (tertiary/aromatic N) is 1. The molecule has 1 heterocycles. The highest BCUT2D eigenvalue weighted by molar-refractivity contribution is 5.95. The largest absolute Gasteiger partial charge is 0.496 e. The lowest BCUT2D eigenvalue weighted by molar-refractivity contribution is -0.130. The first-order valence-corrected chi connectivity index (χ1v) is 9.13. The van der Waals surface area contributed by atoms with E-state index >= 15 is 0 Å². The Morgan fingerprint density at radius 1 is 1.11 bits per heavy atom. The number of ether oxygens (including phenoxy) is 1. The highest BCUT2D eigenvalue weighted by Crippen LogP contribution is 2.21. The quantitative estimate of drug-likeness (QED) is 0.825. The van der Waals surface area contributed by atoms with Gasteiger partial charge in [-0.2, -0.15) is 0 Å². The van der Waals surface area contributed by atoms with E-state index in [9.17, 15) is 9.59 Å². The minimum atomic E-state index is -0.192. The zero-order valence-electron chi connectivity index (χ0n) is 15.4. The molecule has 1 atom stereocenters. The predicted octanol–water partition coefficient (Wildman–Crippen LogP) is 3.59. The van der Waals surface area contributed by atoms with Crippen LogP contribution in [0.4, 0.5) is 5.69 Å². The van der Waals surface area contributed by atoms with Crippen LogP contribution in [0.15, 0.2) is 60.7 Å². The van der Waals surface area contributed by atoms with Gasteiger partial charge in [0.1, 0.15) is 5.75 Å². The van der Waals surface area contributed by atoms with Crippen molar-refractivity contribution in [3.8, 4) is 5.75 Å². The molecule has 0 saturated carbocycles. The summed E-state index contributed by atoms with van der Waals surface area (Å²) in [6.45, 7) is 1.11. The highest BCUT2D eigenvalue weighted by atomic mass is 16.5. The first-order chi connectivity index (χ1) is 13.2. The lowest BCUT2D eigenvalue weighted by Gasteiger charge is -2.31. The van der Waals surface area contributed by atoms with E-state index in [2.05, 4.69) is 5.32 Å². The summed E-state index contributed by atoms with van der Waals surface area (Å²) in [5, 5.41) is 2.93. The summed E-state index contributed by atoms with van der Waals surface area (Å²) < 4.78 is 5.30. The molecule has 5 nitrogen and oxygen atoms in total. The second kappa shape index (κ2) is 9.03. The van der Waals surface area contributed by atoms with Crippen LogP contribution >= 0.6 is 0 Å². The number of carbonyl (C=O) groups excluding carboxylic acids is 2. The van der Waals surface area contributed by atoms with E-state index in [0.29, 0.717) is 13.1 Å². The third-order valence-corrected chi connectivity index (χ3v) is 4.69. The predicted molar refractivity (Wildman–Crippen MR) is 106 cm³/mol. The van der Waals surface area contributed by atoms with Gasteiger partial charge in [0.05, 0.1) is 13.0 Å². The van der Waals surface area contributed by atoms with E-state index in [1.165, 1.54) is 0 Å². The Morgan fingerprint density at radius 3 is 2.63 bits per heavy atom. The number of carbonyl (C=O) groups is 2. The van der Waals surface area contributed by atoms with Gasteiger partial charge in [-0.25, -0.2) is 0 Å². The van der Waals surface area contributed by atoms with Crippen molar-refractivity contribution in [2.75, 3.05) is 25.5 Å². The second-order valence-electron chi connectivity index (χ2n) is 6.55. The van der Waals surface area contributed by atoms with Gasteiger partial charge in [0.2, 0.25) is 11.8 Å². The number of hydrogen-bond donors (Lipinski definition) is 1. The molecule has 1 saturated heterocycles. The van der Waals surface area contributed by atoms with Gasteiger partial charge < -0.3 is 15.0 Å². The van der Waals surface area contributed by atoms with Gasteiger partial charge >= 0.3 is 0 Å². The van der Waals surface area contributed by atoms with Crippen molar-refractivity contribution in [2.45, 2.75) is 12.8 Å². The van der Waals surface area contributed by atoms with E-state index in [1.54, 1.807) is 24.2 Å². The van der Waals surface area contributed by atoms with Gasteiger partial charge in [0, 0.05) is 30.4 Å². The third kappa shape index (κ3) is 4.97. The van der Waals surface area contributed by atoms with Crippen molar-refractivity contribution >= 4 is 23.6 Å². The Bertz CT molecular complexity index is 817. The fourth-order valence-electron chi connectivity index (χ4n) is 3.23. The van der Waals surface area contributed by atoms with Gasteiger partial charge in [-0.15, -0.1) is 0 Å². The standard InChI is InChI=1S/C22H24N2O3/c1-27-20-12-6-5-8-17(20)13-14-21(25)24-15-7-9-18(16-24)22(26)23-19-10-3-2-4-11-19/h2-6,8,10-14,18H,7,9,15-16H2,1H3,(H,23,26)/b14-13+. The van der Waals surface area contributed by atoms with Crippen molar-refractivity contribution in [3.05, 3.63) is 66.2 Å². The number of amides is 2. The van der Waals surface area contributed by atoms with Gasteiger partial charge in [0.25, 0.3) is 0 Å². The Kier molecular flexibility index (Phi) is 6.26. The first kappa shape index (κ1) is 18.7. The van der Waals surface area contributed by atoms with E-state index in [4.69, 9.17) is 4.74 Å². The molecule has 1 fully saturated rings. The molecule has 0 bridgehead atoms. The third-order valence-electron chi connectivity index (χ3n) is 4.69. The average Bonchev–Trinajstić information content (AvgIpc) is 2.73. The number of methoxy groups -OCH3 is 1. The van der Waals surface area contributed by atoms with E-state index in [-0.39, 0.29) is 17.7 Å². The van der Waals surface area contributed by atoms with Gasteiger partial charge in [0.15, 0.2) is 0 Å². The minimum Gasteiger partial charge on any atom is -0.496 e. The Hall–Kier alpha value is -3.08. The molecule has 1 unspecified atom stereocenters. The summed E-state index contributed by atoms with van der Waals surface area (Å²) in [5.74, 6) is 0.411. The maximum atomic E-state index is 12.6. The molecule has 3 rings (SSSR count). The number of likely N-dealkylation sites (tertiary alicyclic amines) is 1. The van der Waals surface area contributed by atoms with Crippen LogP contribution in [0, 0.1) is 5.92 Å². The number of hydrogen-bond acceptors (Lipinski definition) is 3. The molecular formula is C22H24N2O3. The Morgan fingerprint density at radius 2 is 1.85 bits per heavy atom. The SMILES string of the molecule is COc1ccccc1/C=C/C(=O)N1CCCC(C(=O)Nc2ccccc2)C1. The maximum absolute atomic E-state index is 12.6. The van der Waals surface area contributed by atoms with Gasteiger partial charge in [-0.3, -0.25) is 9.59 Å². The van der Waals surface area contributed by atoms with Crippen molar-refractivity contribution < 1.29 is 14.3 Å². The van der Waals surface area contributed by atoms with Crippen LogP contribution in [0.25, 0.3) is 6.08 Å². The summed E-state index contributed by atoms with van der Waals surface area (Å²) in [7, 11) is 1.61. The number of benzene rings is 2. The number of para-hydroxylation sites is 2. The fraction of sp³-hybridized carbons (Fsp3) is 0.273. The monoisotopic (exact) mass is 364 g/mol. The number of nitrogens with one attached hydrogen (secondary N) is 1. The van der Waals surface area contributed by atoms with E-state index in [1.807, 2.05) is 54.6 Å². The lowest BCUT2D eigenvalue weighted by Crippen LogP contribution is -2.43. The molecule has 0 radical (unpaired) electrons.